The van der Waals surface area contributed by atoms with E-state index in [2.05, 4.69) is 4.72 Å². The van der Waals surface area contributed by atoms with Gasteiger partial charge in [-0.15, -0.1) is 0 Å². The topological polar surface area (TPSA) is 63.2 Å². The summed E-state index contributed by atoms with van der Waals surface area (Å²) in [5.41, 5.74) is 2.42. The molecule has 0 saturated carbocycles. The van der Waals surface area contributed by atoms with E-state index in [0.29, 0.717) is 23.8 Å². The average molecular weight is 297 g/mol. The lowest BCUT2D eigenvalue weighted by molar-refractivity contribution is -0.109. The SMILES string of the molecule is Cc1cc(C)c(S(=O)(=O)N[C@H](C=O)CC(C)C)c(C)c1. The van der Waals surface area contributed by atoms with Gasteiger partial charge in [0.25, 0.3) is 0 Å². The largest absolute Gasteiger partial charge is 0.302 e. The molecule has 1 aromatic rings. The van der Waals surface area contributed by atoms with Crippen molar-refractivity contribution in [3.63, 3.8) is 0 Å². The van der Waals surface area contributed by atoms with E-state index in [9.17, 15) is 13.2 Å². The Morgan fingerprint density at radius 1 is 1.15 bits per heavy atom. The first-order chi connectivity index (χ1) is 9.17. The maximum atomic E-state index is 12.5. The third-order valence-electron chi connectivity index (χ3n) is 3.07. The van der Waals surface area contributed by atoms with Gasteiger partial charge in [-0.2, -0.15) is 0 Å². The molecule has 0 spiro atoms. The molecule has 0 heterocycles. The summed E-state index contributed by atoms with van der Waals surface area (Å²) in [6, 6.07) is 2.99. The fourth-order valence-corrected chi connectivity index (χ4v) is 4.12. The van der Waals surface area contributed by atoms with Crippen molar-refractivity contribution in [2.24, 2.45) is 5.92 Å². The molecular weight excluding hydrogens is 274 g/mol. The zero-order chi connectivity index (χ0) is 15.5. The summed E-state index contributed by atoms with van der Waals surface area (Å²) in [4.78, 5) is 11.3. The van der Waals surface area contributed by atoms with Gasteiger partial charge in [-0.3, -0.25) is 0 Å². The number of nitrogens with one attached hydrogen (secondary N) is 1. The predicted molar refractivity (Wildman–Crippen MR) is 80.3 cm³/mol. The lowest BCUT2D eigenvalue weighted by Crippen LogP contribution is -2.37. The summed E-state index contributed by atoms with van der Waals surface area (Å²) >= 11 is 0. The van der Waals surface area contributed by atoms with E-state index in [4.69, 9.17) is 0 Å². The van der Waals surface area contributed by atoms with Gasteiger partial charge in [-0.1, -0.05) is 31.5 Å². The molecule has 0 fully saturated rings. The molecule has 0 amide bonds. The van der Waals surface area contributed by atoms with Gasteiger partial charge in [0.15, 0.2) is 0 Å². The second kappa shape index (κ2) is 6.50. The number of aryl methyl sites for hydroxylation is 3. The van der Waals surface area contributed by atoms with E-state index in [1.165, 1.54) is 0 Å². The normalized spacial score (nSPS) is 13.5. The van der Waals surface area contributed by atoms with Crippen molar-refractivity contribution in [2.75, 3.05) is 0 Å². The highest BCUT2D eigenvalue weighted by Crippen LogP contribution is 2.22. The molecule has 0 bridgehead atoms. The Balaban J connectivity index is 3.14. The van der Waals surface area contributed by atoms with Crippen LogP contribution in [0.2, 0.25) is 0 Å². The van der Waals surface area contributed by atoms with Gasteiger partial charge in [-0.25, -0.2) is 13.1 Å². The van der Waals surface area contributed by atoms with Crippen LogP contribution in [0, 0.1) is 26.7 Å². The molecule has 1 atom stereocenters. The summed E-state index contributed by atoms with van der Waals surface area (Å²) in [5, 5.41) is 0. The summed E-state index contributed by atoms with van der Waals surface area (Å²) < 4.78 is 27.4. The van der Waals surface area contributed by atoms with Gasteiger partial charge in [0.2, 0.25) is 10.0 Å². The zero-order valence-electron chi connectivity index (χ0n) is 12.7. The highest BCUT2D eigenvalue weighted by molar-refractivity contribution is 7.89. The van der Waals surface area contributed by atoms with Crippen LogP contribution in [0.1, 0.15) is 37.0 Å². The molecule has 0 saturated heterocycles. The highest BCUT2D eigenvalue weighted by atomic mass is 32.2. The number of rotatable bonds is 6. The van der Waals surface area contributed by atoms with Gasteiger partial charge in [0.05, 0.1) is 10.9 Å². The van der Waals surface area contributed by atoms with Crippen LogP contribution in [0.5, 0.6) is 0 Å². The molecular formula is C15H23NO3S. The molecule has 4 nitrogen and oxygen atoms in total. The lowest BCUT2D eigenvalue weighted by atomic mass is 10.1. The highest BCUT2D eigenvalue weighted by Gasteiger charge is 2.24. The maximum absolute atomic E-state index is 12.5. The molecule has 0 unspecified atom stereocenters. The van der Waals surface area contributed by atoms with Crippen molar-refractivity contribution in [2.45, 2.75) is 52.0 Å². The van der Waals surface area contributed by atoms with Crippen LogP contribution < -0.4 is 4.72 Å². The second-order valence-corrected chi connectivity index (χ2v) is 7.37. The minimum absolute atomic E-state index is 0.244. The first-order valence-electron chi connectivity index (χ1n) is 6.73. The molecule has 0 aliphatic heterocycles. The van der Waals surface area contributed by atoms with E-state index >= 15 is 0 Å². The van der Waals surface area contributed by atoms with Crippen LogP contribution in [-0.2, 0) is 14.8 Å². The van der Waals surface area contributed by atoms with E-state index in [-0.39, 0.29) is 10.8 Å². The van der Waals surface area contributed by atoms with Crippen LogP contribution >= 0.6 is 0 Å². The summed E-state index contributed by atoms with van der Waals surface area (Å²) in [5.74, 6) is 0.244. The summed E-state index contributed by atoms with van der Waals surface area (Å²) in [6.45, 7) is 9.37. The van der Waals surface area contributed by atoms with Gasteiger partial charge >= 0.3 is 0 Å². The number of sulfonamides is 1. The van der Waals surface area contributed by atoms with Crippen LogP contribution in [0.15, 0.2) is 17.0 Å². The second-order valence-electron chi connectivity index (χ2n) is 5.72. The molecule has 0 aliphatic carbocycles. The molecule has 0 aliphatic rings. The molecule has 5 heteroatoms. The van der Waals surface area contributed by atoms with Gasteiger partial charge in [-0.05, 0) is 44.2 Å². The van der Waals surface area contributed by atoms with Gasteiger partial charge in [0.1, 0.15) is 6.29 Å². The Bertz CT molecular complexity index is 568. The van der Waals surface area contributed by atoms with Crippen LogP contribution in [-0.4, -0.2) is 20.7 Å². The van der Waals surface area contributed by atoms with Gasteiger partial charge < -0.3 is 4.79 Å². The van der Waals surface area contributed by atoms with E-state index < -0.39 is 16.1 Å². The first kappa shape index (κ1) is 16.9. The van der Waals surface area contributed by atoms with E-state index in [1.54, 1.807) is 13.8 Å². The minimum Gasteiger partial charge on any atom is -0.302 e. The minimum atomic E-state index is -3.68. The average Bonchev–Trinajstić information content (AvgIpc) is 2.24. The third-order valence-corrected chi connectivity index (χ3v) is 4.86. The Kier molecular flexibility index (Phi) is 5.48. The van der Waals surface area contributed by atoms with Crippen molar-refractivity contribution >= 4 is 16.3 Å². The molecule has 0 radical (unpaired) electrons. The summed E-state index contributed by atoms with van der Waals surface area (Å²) in [7, 11) is -3.68. The Labute approximate surface area is 121 Å². The molecule has 1 N–H and O–H groups in total. The smallest absolute Gasteiger partial charge is 0.241 e. The monoisotopic (exact) mass is 297 g/mol. The molecule has 1 aromatic carbocycles. The Morgan fingerprint density at radius 3 is 2.05 bits per heavy atom. The zero-order valence-corrected chi connectivity index (χ0v) is 13.5. The van der Waals surface area contributed by atoms with Crippen molar-refractivity contribution in [3.8, 4) is 0 Å². The predicted octanol–water partition coefficient (Wildman–Crippen LogP) is 2.50. The number of benzene rings is 1. The number of carbonyl (C=O) groups is 1. The molecule has 0 aromatic heterocycles. The lowest BCUT2D eigenvalue weighted by Gasteiger charge is -2.18. The standard InChI is InChI=1S/C15H23NO3S/c1-10(2)6-14(9-17)16-20(18,19)15-12(4)7-11(3)8-13(15)5/h7-10,14,16H,6H2,1-5H3/t14-/m0/s1. The van der Waals surface area contributed by atoms with Gasteiger partial charge in [0, 0.05) is 0 Å². The van der Waals surface area contributed by atoms with Crippen molar-refractivity contribution in [3.05, 3.63) is 28.8 Å². The van der Waals surface area contributed by atoms with Crippen LogP contribution in [0.25, 0.3) is 0 Å². The molecule has 1 rings (SSSR count). The summed E-state index contributed by atoms with van der Waals surface area (Å²) in [6.07, 6.45) is 1.16. The van der Waals surface area contributed by atoms with Crippen molar-refractivity contribution in [1.29, 1.82) is 0 Å². The van der Waals surface area contributed by atoms with Crippen molar-refractivity contribution < 1.29 is 13.2 Å². The van der Waals surface area contributed by atoms with Crippen molar-refractivity contribution in [1.82, 2.24) is 4.72 Å². The van der Waals surface area contributed by atoms with Crippen LogP contribution in [0.3, 0.4) is 0 Å². The number of carbonyl (C=O) groups excluding carboxylic acids is 1. The fraction of sp³-hybridized carbons (Fsp3) is 0.533. The molecule has 112 valence electrons. The number of aldehydes is 1. The third kappa shape index (κ3) is 4.15. The fourth-order valence-electron chi connectivity index (χ4n) is 2.49. The first-order valence-corrected chi connectivity index (χ1v) is 8.21. The maximum Gasteiger partial charge on any atom is 0.241 e. The number of hydrogen-bond acceptors (Lipinski definition) is 3. The van der Waals surface area contributed by atoms with E-state index in [0.717, 1.165) is 5.56 Å². The quantitative estimate of drug-likeness (QED) is 0.821. The Hall–Kier alpha value is -1.20. The molecule has 20 heavy (non-hydrogen) atoms. The number of hydrogen-bond donors (Lipinski definition) is 1. The Morgan fingerprint density at radius 2 is 1.65 bits per heavy atom. The van der Waals surface area contributed by atoms with E-state index in [1.807, 2.05) is 32.9 Å². The van der Waals surface area contributed by atoms with Crippen LogP contribution in [0.4, 0.5) is 0 Å².